The van der Waals surface area contributed by atoms with Crippen molar-refractivity contribution in [1.82, 2.24) is 9.97 Å². The first-order valence-electron chi connectivity index (χ1n) is 8.39. The number of imidazole rings is 1. The van der Waals surface area contributed by atoms with Crippen molar-refractivity contribution < 1.29 is 9.53 Å². The minimum atomic E-state index is -0.327. The highest BCUT2D eigenvalue weighted by atomic mass is 16.5. The van der Waals surface area contributed by atoms with Gasteiger partial charge in [0.05, 0.1) is 23.7 Å². The van der Waals surface area contributed by atoms with Crippen molar-refractivity contribution in [3.8, 4) is 22.5 Å². The lowest BCUT2D eigenvalue weighted by Gasteiger charge is -2.04. The van der Waals surface area contributed by atoms with Crippen LogP contribution in [0, 0.1) is 6.92 Å². The molecule has 0 aliphatic rings. The Labute approximate surface area is 151 Å². The number of fused-ring (bicyclic) bond motifs is 1. The van der Waals surface area contributed by atoms with Gasteiger partial charge in [0.1, 0.15) is 5.82 Å². The number of ether oxygens (including phenoxy) is 1. The van der Waals surface area contributed by atoms with Crippen LogP contribution in [0.3, 0.4) is 0 Å². The number of nitrogens with zero attached hydrogens (tertiary/aromatic N) is 1. The number of aryl methyl sites for hydroxylation is 1. The number of carbonyl (C=O) groups is 1. The molecule has 0 fully saturated rings. The number of H-pyrrole nitrogens is 1. The van der Waals surface area contributed by atoms with Gasteiger partial charge in [-0.25, -0.2) is 9.78 Å². The first-order valence-corrected chi connectivity index (χ1v) is 8.39. The van der Waals surface area contributed by atoms with E-state index in [1.807, 2.05) is 30.3 Å². The molecule has 0 bridgehead atoms. The van der Waals surface area contributed by atoms with Crippen LogP contribution in [0.1, 0.15) is 15.9 Å². The lowest BCUT2D eigenvalue weighted by atomic mass is 10.0. The van der Waals surface area contributed by atoms with Crippen LogP contribution < -0.4 is 0 Å². The van der Waals surface area contributed by atoms with Crippen molar-refractivity contribution in [2.75, 3.05) is 7.11 Å². The fourth-order valence-corrected chi connectivity index (χ4v) is 3.00. The Morgan fingerprint density at radius 1 is 0.885 bits per heavy atom. The zero-order valence-corrected chi connectivity index (χ0v) is 14.6. The van der Waals surface area contributed by atoms with E-state index in [9.17, 15) is 4.79 Å². The summed E-state index contributed by atoms with van der Waals surface area (Å²) in [5, 5.41) is 0. The van der Waals surface area contributed by atoms with Crippen LogP contribution >= 0.6 is 0 Å². The topological polar surface area (TPSA) is 55.0 Å². The number of rotatable bonds is 3. The van der Waals surface area contributed by atoms with Gasteiger partial charge >= 0.3 is 5.97 Å². The van der Waals surface area contributed by atoms with Gasteiger partial charge in [-0.2, -0.15) is 0 Å². The molecule has 3 aromatic carbocycles. The maximum Gasteiger partial charge on any atom is 0.337 e. The summed E-state index contributed by atoms with van der Waals surface area (Å²) >= 11 is 0. The molecule has 4 nitrogen and oxygen atoms in total. The van der Waals surface area contributed by atoms with E-state index in [1.54, 1.807) is 12.1 Å². The number of methoxy groups -OCH3 is 1. The van der Waals surface area contributed by atoms with Gasteiger partial charge in [0.25, 0.3) is 0 Å². The Kier molecular flexibility index (Phi) is 4.01. The zero-order chi connectivity index (χ0) is 18.1. The van der Waals surface area contributed by atoms with E-state index in [1.165, 1.54) is 12.7 Å². The summed E-state index contributed by atoms with van der Waals surface area (Å²) in [6.07, 6.45) is 0. The van der Waals surface area contributed by atoms with Crippen LogP contribution in [-0.4, -0.2) is 23.0 Å². The van der Waals surface area contributed by atoms with Gasteiger partial charge < -0.3 is 9.72 Å². The van der Waals surface area contributed by atoms with Crippen LogP contribution in [0.2, 0.25) is 0 Å². The summed E-state index contributed by atoms with van der Waals surface area (Å²) in [5.41, 5.74) is 6.93. The van der Waals surface area contributed by atoms with Gasteiger partial charge in [-0.05, 0) is 47.9 Å². The Morgan fingerprint density at radius 2 is 1.50 bits per heavy atom. The maximum atomic E-state index is 11.5. The number of aromatic nitrogens is 2. The average molecular weight is 342 g/mol. The van der Waals surface area contributed by atoms with Crippen molar-refractivity contribution in [3.05, 3.63) is 77.9 Å². The largest absolute Gasteiger partial charge is 0.465 e. The molecule has 1 aromatic heterocycles. The molecule has 0 aliphatic carbocycles. The third-order valence-corrected chi connectivity index (χ3v) is 4.44. The first-order chi connectivity index (χ1) is 12.6. The smallest absolute Gasteiger partial charge is 0.337 e. The number of hydrogen-bond acceptors (Lipinski definition) is 3. The van der Waals surface area contributed by atoms with E-state index >= 15 is 0 Å². The molecule has 0 atom stereocenters. The number of nitrogens with one attached hydrogen (secondary N) is 1. The van der Waals surface area contributed by atoms with Gasteiger partial charge in [0.2, 0.25) is 0 Å². The third-order valence-electron chi connectivity index (χ3n) is 4.44. The number of aromatic amines is 1. The van der Waals surface area contributed by atoms with E-state index in [4.69, 9.17) is 4.74 Å². The van der Waals surface area contributed by atoms with E-state index in [-0.39, 0.29) is 5.97 Å². The number of benzene rings is 3. The summed E-state index contributed by atoms with van der Waals surface area (Å²) < 4.78 is 4.73. The summed E-state index contributed by atoms with van der Waals surface area (Å²) in [4.78, 5) is 19.6. The molecular weight excluding hydrogens is 324 g/mol. The van der Waals surface area contributed by atoms with Crippen LogP contribution in [0.15, 0.2) is 66.7 Å². The summed E-state index contributed by atoms with van der Waals surface area (Å²) in [6, 6.07) is 21.8. The van der Waals surface area contributed by atoms with E-state index in [0.29, 0.717) is 5.56 Å². The van der Waals surface area contributed by atoms with Gasteiger partial charge in [0, 0.05) is 5.56 Å². The van der Waals surface area contributed by atoms with Crippen LogP contribution in [0.25, 0.3) is 33.5 Å². The maximum absolute atomic E-state index is 11.5. The standard InChI is InChI=1S/C22H18N2O2/c1-14-3-12-19-20(13-14)24-21(23-19)17-8-4-15(5-9-17)16-6-10-18(11-7-16)22(25)26-2/h3-13H,1-2H3,(H,23,24). The Hall–Kier alpha value is -3.40. The molecule has 0 amide bonds. The predicted octanol–water partition coefficient (Wildman–Crippen LogP) is 4.99. The molecule has 0 radical (unpaired) electrons. The van der Waals surface area contributed by atoms with Gasteiger partial charge in [-0.1, -0.05) is 42.5 Å². The molecule has 1 N–H and O–H groups in total. The number of esters is 1. The van der Waals surface area contributed by atoms with E-state index < -0.39 is 0 Å². The second-order valence-corrected chi connectivity index (χ2v) is 6.25. The van der Waals surface area contributed by atoms with Gasteiger partial charge in [-0.3, -0.25) is 0 Å². The second kappa shape index (κ2) is 6.48. The minimum Gasteiger partial charge on any atom is -0.465 e. The number of hydrogen-bond donors (Lipinski definition) is 1. The summed E-state index contributed by atoms with van der Waals surface area (Å²) in [6.45, 7) is 2.07. The van der Waals surface area contributed by atoms with E-state index in [2.05, 4.69) is 41.2 Å². The van der Waals surface area contributed by atoms with Crippen LogP contribution in [-0.2, 0) is 4.74 Å². The van der Waals surface area contributed by atoms with Crippen LogP contribution in [0.5, 0.6) is 0 Å². The SMILES string of the molecule is COC(=O)c1ccc(-c2ccc(-c3nc4ccc(C)cc4[nH]3)cc2)cc1. The third kappa shape index (κ3) is 2.97. The molecule has 0 saturated heterocycles. The fourth-order valence-electron chi connectivity index (χ4n) is 3.00. The van der Waals surface area contributed by atoms with Crippen molar-refractivity contribution in [3.63, 3.8) is 0 Å². The molecule has 4 aromatic rings. The van der Waals surface area contributed by atoms with Gasteiger partial charge in [0.15, 0.2) is 0 Å². The quantitative estimate of drug-likeness (QED) is 0.534. The molecular formula is C22H18N2O2. The zero-order valence-electron chi connectivity index (χ0n) is 14.6. The number of carbonyl (C=O) groups excluding carboxylic acids is 1. The van der Waals surface area contributed by atoms with Crippen molar-refractivity contribution in [1.29, 1.82) is 0 Å². The highest BCUT2D eigenvalue weighted by Crippen LogP contribution is 2.25. The minimum absolute atomic E-state index is 0.327. The Balaban J connectivity index is 1.62. The molecule has 4 heteroatoms. The summed E-state index contributed by atoms with van der Waals surface area (Å²) in [5.74, 6) is 0.533. The monoisotopic (exact) mass is 342 g/mol. The first kappa shape index (κ1) is 16.1. The molecule has 4 rings (SSSR count). The molecule has 128 valence electrons. The van der Waals surface area contributed by atoms with Crippen LogP contribution in [0.4, 0.5) is 0 Å². The predicted molar refractivity (Wildman–Crippen MR) is 103 cm³/mol. The van der Waals surface area contributed by atoms with Crippen molar-refractivity contribution in [2.45, 2.75) is 6.92 Å². The normalized spacial score (nSPS) is 10.8. The summed E-state index contributed by atoms with van der Waals surface area (Å²) in [7, 11) is 1.38. The van der Waals surface area contributed by atoms with E-state index in [0.717, 1.165) is 33.5 Å². The second-order valence-electron chi connectivity index (χ2n) is 6.25. The Bertz CT molecular complexity index is 1080. The molecule has 1 heterocycles. The van der Waals surface area contributed by atoms with Crippen molar-refractivity contribution >= 4 is 17.0 Å². The molecule has 0 spiro atoms. The lowest BCUT2D eigenvalue weighted by molar-refractivity contribution is 0.0601. The molecule has 0 unspecified atom stereocenters. The van der Waals surface area contributed by atoms with Gasteiger partial charge in [-0.15, -0.1) is 0 Å². The van der Waals surface area contributed by atoms with Crippen molar-refractivity contribution in [2.24, 2.45) is 0 Å². The highest BCUT2D eigenvalue weighted by Gasteiger charge is 2.08. The Morgan fingerprint density at radius 3 is 2.15 bits per heavy atom. The molecule has 0 saturated carbocycles. The fraction of sp³-hybridized carbons (Fsp3) is 0.0909. The average Bonchev–Trinajstić information content (AvgIpc) is 3.11. The highest BCUT2D eigenvalue weighted by molar-refractivity contribution is 5.90. The molecule has 0 aliphatic heterocycles. The molecule has 26 heavy (non-hydrogen) atoms. The lowest BCUT2D eigenvalue weighted by Crippen LogP contribution is -2.00.